The highest BCUT2D eigenvalue weighted by molar-refractivity contribution is 5.41. The predicted molar refractivity (Wildman–Crippen MR) is 77.4 cm³/mol. The second kappa shape index (κ2) is 6.76. The summed E-state index contributed by atoms with van der Waals surface area (Å²) in [5.74, 6) is 0.598. The summed E-state index contributed by atoms with van der Waals surface area (Å²) in [5.41, 5.74) is 7.34. The first-order chi connectivity index (χ1) is 8.40. The van der Waals surface area contributed by atoms with Gasteiger partial charge in [-0.3, -0.25) is 4.90 Å². The molecule has 0 amide bonds. The first-order valence-corrected chi connectivity index (χ1v) is 6.67. The van der Waals surface area contributed by atoms with Crippen LogP contribution < -0.4 is 5.73 Å². The Kier molecular flexibility index (Phi) is 5.63. The highest BCUT2D eigenvalue weighted by Gasteiger charge is 2.17. The van der Waals surface area contributed by atoms with Crippen LogP contribution in [0.3, 0.4) is 0 Å². The number of aliphatic hydroxyl groups excluding tert-OH is 1. The third kappa shape index (κ3) is 4.67. The summed E-state index contributed by atoms with van der Waals surface area (Å²) in [6.45, 7) is 10.4. The minimum absolute atomic E-state index is 0.433. The lowest BCUT2D eigenvalue weighted by atomic mass is 10.1. The molecule has 0 heterocycles. The van der Waals surface area contributed by atoms with Gasteiger partial charge in [-0.2, -0.15) is 0 Å². The van der Waals surface area contributed by atoms with Crippen molar-refractivity contribution in [2.45, 2.75) is 39.8 Å². The number of benzene rings is 1. The fourth-order valence-electron chi connectivity index (χ4n) is 2.06. The van der Waals surface area contributed by atoms with Gasteiger partial charge in [0.2, 0.25) is 0 Å². The van der Waals surface area contributed by atoms with Gasteiger partial charge < -0.3 is 10.8 Å². The number of anilines is 1. The molecule has 1 aromatic carbocycles. The van der Waals surface area contributed by atoms with Crippen molar-refractivity contribution >= 4 is 5.69 Å². The van der Waals surface area contributed by atoms with Gasteiger partial charge in [0.05, 0.1) is 6.10 Å². The molecule has 0 bridgehead atoms. The maximum atomic E-state index is 10.3. The van der Waals surface area contributed by atoms with Gasteiger partial charge in [-0.15, -0.1) is 0 Å². The molecule has 18 heavy (non-hydrogen) atoms. The molecular weight excluding hydrogens is 224 g/mol. The highest BCUT2D eigenvalue weighted by atomic mass is 16.3. The Balaban J connectivity index is 2.69. The van der Waals surface area contributed by atoms with E-state index >= 15 is 0 Å². The molecule has 3 N–H and O–H groups in total. The van der Waals surface area contributed by atoms with Crippen LogP contribution in [0.15, 0.2) is 24.3 Å². The molecular formula is C15H26N2O. The Labute approximate surface area is 111 Å². The molecule has 0 aromatic heterocycles. The fourth-order valence-corrected chi connectivity index (χ4v) is 2.06. The van der Waals surface area contributed by atoms with Gasteiger partial charge in [0.25, 0.3) is 0 Å². The molecule has 0 saturated heterocycles. The largest absolute Gasteiger partial charge is 0.399 e. The van der Waals surface area contributed by atoms with Crippen LogP contribution in [0.5, 0.6) is 0 Å². The van der Waals surface area contributed by atoms with E-state index in [2.05, 4.69) is 32.6 Å². The lowest BCUT2D eigenvalue weighted by Crippen LogP contribution is -2.37. The lowest BCUT2D eigenvalue weighted by molar-refractivity contribution is 0.0877. The van der Waals surface area contributed by atoms with E-state index in [9.17, 15) is 5.11 Å². The van der Waals surface area contributed by atoms with Crippen LogP contribution in [-0.2, 0) is 0 Å². The van der Waals surface area contributed by atoms with E-state index in [0.29, 0.717) is 24.2 Å². The molecule has 0 fully saturated rings. The van der Waals surface area contributed by atoms with Crippen LogP contribution in [-0.4, -0.2) is 29.1 Å². The van der Waals surface area contributed by atoms with Crippen LogP contribution in [0.25, 0.3) is 0 Å². The zero-order valence-corrected chi connectivity index (χ0v) is 11.9. The zero-order valence-electron chi connectivity index (χ0n) is 11.9. The van der Waals surface area contributed by atoms with Gasteiger partial charge in [-0.1, -0.05) is 26.0 Å². The summed E-state index contributed by atoms with van der Waals surface area (Å²) < 4.78 is 0. The Morgan fingerprint density at radius 1 is 1.17 bits per heavy atom. The lowest BCUT2D eigenvalue weighted by Gasteiger charge is -2.30. The zero-order chi connectivity index (χ0) is 13.7. The average molecular weight is 250 g/mol. The third-order valence-corrected chi connectivity index (χ3v) is 3.03. The minimum atomic E-state index is -0.477. The molecule has 0 spiro atoms. The summed E-state index contributed by atoms with van der Waals surface area (Å²) in [6, 6.07) is 7.93. The van der Waals surface area contributed by atoms with Gasteiger partial charge in [0.1, 0.15) is 0 Å². The van der Waals surface area contributed by atoms with Gasteiger partial charge in [-0.25, -0.2) is 0 Å². The van der Waals surface area contributed by atoms with Crippen LogP contribution in [0.1, 0.15) is 39.4 Å². The molecule has 0 saturated carbocycles. The van der Waals surface area contributed by atoms with E-state index in [1.165, 1.54) is 0 Å². The summed E-state index contributed by atoms with van der Waals surface area (Å²) in [4.78, 5) is 2.30. The van der Waals surface area contributed by atoms with E-state index in [-0.39, 0.29) is 0 Å². The number of aliphatic hydroxyl groups is 1. The van der Waals surface area contributed by atoms with E-state index in [1.54, 1.807) is 0 Å². The number of hydrogen-bond donors (Lipinski definition) is 2. The average Bonchev–Trinajstić information content (AvgIpc) is 2.27. The van der Waals surface area contributed by atoms with Gasteiger partial charge >= 0.3 is 0 Å². The molecule has 3 heteroatoms. The number of nitrogens with zero attached hydrogens (tertiary/aromatic N) is 1. The summed E-state index contributed by atoms with van der Waals surface area (Å²) in [6.07, 6.45) is -0.477. The maximum absolute atomic E-state index is 10.3. The Morgan fingerprint density at radius 2 is 1.83 bits per heavy atom. The molecule has 0 radical (unpaired) electrons. The van der Waals surface area contributed by atoms with Crippen molar-refractivity contribution in [1.82, 2.24) is 4.90 Å². The quantitative estimate of drug-likeness (QED) is 0.763. The van der Waals surface area contributed by atoms with Gasteiger partial charge in [0, 0.05) is 24.8 Å². The molecule has 0 aliphatic rings. The standard InChI is InChI=1S/C15H26N2O/c1-11(2)9-17(12(3)4)10-15(18)13-6-5-7-14(16)8-13/h5-8,11-12,15,18H,9-10,16H2,1-4H3. The molecule has 3 nitrogen and oxygen atoms in total. The second-order valence-corrected chi connectivity index (χ2v) is 5.63. The number of hydrogen-bond acceptors (Lipinski definition) is 3. The summed E-state index contributed by atoms with van der Waals surface area (Å²) >= 11 is 0. The second-order valence-electron chi connectivity index (χ2n) is 5.63. The third-order valence-electron chi connectivity index (χ3n) is 3.03. The van der Waals surface area contributed by atoms with Crippen LogP contribution >= 0.6 is 0 Å². The molecule has 1 atom stereocenters. The van der Waals surface area contributed by atoms with Crippen molar-refractivity contribution in [3.8, 4) is 0 Å². The van der Waals surface area contributed by atoms with E-state index < -0.39 is 6.10 Å². The highest BCUT2D eigenvalue weighted by Crippen LogP contribution is 2.18. The van der Waals surface area contributed by atoms with Crippen LogP contribution in [0, 0.1) is 5.92 Å². The molecule has 1 aromatic rings. The molecule has 1 unspecified atom stereocenters. The monoisotopic (exact) mass is 250 g/mol. The van der Waals surface area contributed by atoms with Crippen LogP contribution in [0.2, 0.25) is 0 Å². The topological polar surface area (TPSA) is 49.5 Å². The normalized spacial score (nSPS) is 13.6. The maximum Gasteiger partial charge on any atom is 0.0917 e. The molecule has 102 valence electrons. The number of rotatable bonds is 6. The summed E-state index contributed by atoms with van der Waals surface area (Å²) in [7, 11) is 0. The SMILES string of the molecule is CC(C)CN(CC(O)c1cccc(N)c1)C(C)C. The van der Waals surface area contributed by atoms with Gasteiger partial charge in [-0.05, 0) is 37.5 Å². The first-order valence-electron chi connectivity index (χ1n) is 6.67. The van der Waals surface area contributed by atoms with Crippen molar-refractivity contribution in [2.75, 3.05) is 18.8 Å². The van der Waals surface area contributed by atoms with Crippen molar-refractivity contribution in [1.29, 1.82) is 0 Å². The van der Waals surface area contributed by atoms with E-state index in [4.69, 9.17) is 5.73 Å². The smallest absolute Gasteiger partial charge is 0.0917 e. The molecule has 0 aliphatic heterocycles. The Morgan fingerprint density at radius 3 is 2.33 bits per heavy atom. The number of nitrogens with two attached hydrogens (primary N) is 1. The number of nitrogen functional groups attached to an aromatic ring is 1. The Bertz CT molecular complexity index is 363. The first kappa shape index (κ1) is 15.0. The molecule has 0 aliphatic carbocycles. The van der Waals surface area contributed by atoms with E-state index in [1.807, 2.05) is 24.3 Å². The predicted octanol–water partition coefficient (Wildman–Crippen LogP) is 2.67. The van der Waals surface area contributed by atoms with Crippen molar-refractivity contribution in [3.63, 3.8) is 0 Å². The van der Waals surface area contributed by atoms with E-state index in [0.717, 1.165) is 12.1 Å². The van der Waals surface area contributed by atoms with Crippen LogP contribution in [0.4, 0.5) is 5.69 Å². The van der Waals surface area contributed by atoms with Crippen molar-refractivity contribution < 1.29 is 5.11 Å². The summed E-state index contributed by atoms with van der Waals surface area (Å²) in [5, 5.41) is 10.3. The fraction of sp³-hybridized carbons (Fsp3) is 0.600. The molecule has 1 rings (SSSR count). The van der Waals surface area contributed by atoms with Crippen molar-refractivity contribution in [3.05, 3.63) is 29.8 Å². The van der Waals surface area contributed by atoms with Crippen molar-refractivity contribution in [2.24, 2.45) is 5.92 Å². The Hall–Kier alpha value is -1.06. The van der Waals surface area contributed by atoms with Gasteiger partial charge in [0.15, 0.2) is 0 Å². The minimum Gasteiger partial charge on any atom is -0.399 e.